The monoisotopic (exact) mass is 226 g/mol. The van der Waals surface area contributed by atoms with E-state index in [1.165, 1.54) is 25.7 Å². The quantitative estimate of drug-likeness (QED) is 0.698. The smallest absolute Gasteiger partial charge is 0.237 e. The summed E-state index contributed by atoms with van der Waals surface area (Å²) in [6.07, 6.45) is 6.38. The molecular weight excluding hydrogens is 200 g/mol. The Bertz CT molecular complexity index is 214. The Morgan fingerprint density at radius 3 is 2.56 bits per heavy atom. The van der Waals surface area contributed by atoms with E-state index in [4.69, 9.17) is 0 Å². The van der Waals surface area contributed by atoms with E-state index in [0.717, 1.165) is 18.9 Å². The summed E-state index contributed by atoms with van der Waals surface area (Å²) in [6.45, 7) is 7.04. The molecule has 1 aliphatic rings. The highest BCUT2D eigenvalue weighted by Crippen LogP contribution is 2.28. The van der Waals surface area contributed by atoms with Gasteiger partial charge >= 0.3 is 0 Å². The molecule has 0 aromatic rings. The molecule has 0 spiro atoms. The van der Waals surface area contributed by atoms with Gasteiger partial charge in [0.05, 0.1) is 6.04 Å². The third kappa shape index (κ3) is 4.52. The predicted octanol–water partition coefficient (Wildman–Crippen LogP) is 2.07. The maximum absolute atomic E-state index is 11.7. The lowest BCUT2D eigenvalue weighted by molar-refractivity contribution is -0.123. The summed E-state index contributed by atoms with van der Waals surface area (Å²) in [4.78, 5) is 11.7. The Morgan fingerprint density at radius 2 is 2.06 bits per heavy atom. The molecule has 1 rings (SSSR count). The van der Waals surface area contributed by atoms with Crippen LogP contribution in [0.4, 0.5) is 0 Å². The fraction of sp³-hybridized carbons (Fsp3) is 0.923. The summed E-state index contributed by atoms with van der Waals surface area (Å²) in [5.74, 6) is 1.04. The van der Waals surface area contributed by atoms with Crippen LogP contribution in [0.25, 0.3) is 0 Å². The molecule has 0 aromatic carbocycles. The van der Waals surface area contributed by atoms with Crippen LogP contribution in [0.3, 0.4) is 0 Å². The minimum absolute atomic E-state index is 0.0610. The molecule has 0 radical (unpaired) electrons. The van der Waals surface area contributed by atoms with Gasteiger partial charge in [0.2, 0.25) is 5.91 Å². The van der Waals surface area contributed by atoms with E-state index in [9.17, 15) is 4.79 Å². The van der Waals surface area contributed by atoms with Crippen LogP contribution >= 0.6 is 0 Å². The average molecular weight is 226 g/mol. The highest BCUT2D eigenvalue weighted by atomic mass is 16.2. The molecule has 3 heteroatoms. The van der Waals surface area contributed by atoms with Gasteiger partial charge in [-0.2, -0.15) is 0 Å². The van der Waals surface area contributed by atoms with E-state index in [2.05, 4.69) is 17.6 Å². The largest absolute Gasteiger partial charge is 0.352 e. The van der Waals surface area contributed by atoms with Crippen LogP contribution in [0.1, 0.15) is 52.9 Å². The van der Waals surface area contributed by atoms with Gasteiger partial charge in [-0.25, -0.2) is 0 Å². The van der Waals surface area contributed by atoms with Crippen LogP contribution in [0, 0.1) is 5.92 Å². The molecule has 0 aliphatic heterocycles. The number of hydrogen-bond acceptors (Lipinski definition) is 2. The van der Waals surface area contributed by atoms with Crippen LogP contribution in [0.5, 0.6) is 0 Å². The Balaban J connectivity index is 2.07. The number of amides is 1. The van der Waals surface area contributed by atoms with Crippen molar-refractivity contribution in [3.63, 3.8) is 0 Å². The summed E-state index contributed by atoms with van der Waals surface area (Å²) in [6, 6.07) is 0.220. The van der Waals surface area contributed by atoms with Crippen molar-refractivity contribution in [3.05, 3.63) is 0 Å². The first-order valence-corrected chi connectivity index (χ1v) is 6.67. The number of nitrogens with one attached hydrogen (secondary N) is 2. The van der Waals surface area contributed by atoms with Crippen molar-refractivity contribution < 1.29 is 4.79 Å². The highest BCUT2D eigenvalue weighted by molar-refractivity contribution is 5.81. The van der Waals surface area contributed by atoms with Crippen molar-refractivity contribution in [3.8, 4) is 0 Å². The lowest BCUT2D eigenvalue weighted by atomic mass is 9.83. The van der Waals surface area contributed by atoms with Crippen molar-refractivity contribution in [2.45, 2.75) is 65.0 Å². The molecule has 0 bridgehead atoms. The predicted molar refractivity (Wildman–Crippen MR) is 67.3 cm³/mol. The van der Waals surface area contributed by atoms with Crippen molar-refractivity contribution in [1.82, 2.24) is 10.6 Å². The topological polar surface area (TPSA) is 41.1 Å². The van der Waals surface area contributed by atoms with Crippen LogP contribution in [-0.2, 0) is 4.79 Å². The van der Waals surface area contributed by atoms with Crippen molar-refractivity contribution >= 4 is 5.91 Å². The second kappa shape index (κ2) is 6.89. The number of carbonyl (C=O) groups excluding carboxylic acids is 1. The summed E-state index contributed by atoms with van der Waals surface area (Å²) in [5.41, 5.74) is 0. The number of rotatable bonds is 7. The molecule has 1 fully saturated rings. The summed E-state index contributed by atoms with van der Waals surface area (Å²) < 4.78 is 0. The van der Waals surface area contributed by atoms with Gasteiger partial charge in [0.15, 0.2) is 0 Å². The van der Waals surface area contributed by atoms with Gasteiger partial charge in [0.1, 0.15) is 0 Å². The molecule has 0 heterocycles. The number of hydrogen-bond donors (Lipinski definition) is 2. The zero-order valence-electron chi connectivity index (χ0n) is 10.9. The van der Waals surface area contributed by atoms with Crippen LogP contribution in [-0.4, -0.2) is 24.5 Å². The molecule has 2 unspecified atom stereocenters. The third-order valence-corrected chi connectivity index (χ3v) is 3.62. The molecule has 1 amide bonds. The fourth-order valence-electron chi connectivity index (χ4n) is 1.85. The Labute approximate surface area is 99.4 Å². The molecule has 1 saturated carbocycles. The SMILES string of the molecule is CCC(C)NC(=O)C(C)NCCC1CCC1. The maximum Gasteiger partial charge on any atom is 0.237 e. The molecular formula is C13H26N2O. The first kappa shape index (κ1) is 13.5. The molecule has 1 aliphatic carbocycles. The van der Waals surface area contributed by atoms with Crippen LogP contribution < -0.4 is 10.6 Å². The van der Waals surface area contributed by atoms with Gasteiger partial charge < -0.3 is 10.6 Å². The van der Waals surface area contributed by atoms with E-state index < -0.39 is 0 Å². The van der Waals surface area contributed by atoms with Gasteiger partial charge in [0.25, 0.3) is 0 Å². The van der Waals surface area contributed by atoms with Gasteiger partial charge in [-0.15, -0.1) is 0 Å². The second-order valence-corrected chi connectivity index (χ2v) is 5.08. The van der Waals surface area contributed by atoms with Crippen molar-refractivity contribution in [2.24, 2.45) is 5.92 Å². The Morgan fingerprint density at radius 1 is 1.38 bits per heavy atom. The molecule has 0 saturated heterocycles. The van der Waals surface area contributed by atoms with Gasteiger partial charge in [-0.05, 0) is 39.2 Å². The van der Waals surface area contributed by atoms with E-state index in [1.807, 2.05) is 13.8 Å². The molecule has 2 atom stereocenters. The summed E-state index contributed by atoms with van der Waals surface area (Å²) >= 11 is 0. The van der Waals surface area contributed by atoms with Crippen LogP contribution in [0.15, 0.2) is 0 Å². The first-order valence-electron chi connectivity index (χ1n) is 6.67. The second-order valence-electron chi connectivity index (χ2n) is 5.08. The molecule has 16 heavy (non-hydrogen) atoms. The maximum atomic E-state index is 11.7. The van der Waals surface area contributed by atoms with E-state index in [1.54, 1.807) is 0 Å². The minimum Gasteiger partial charge on any atom is -0.352 e. The minimum atomic E-state index is -0.0610. The Hall–Kier alpha value is -0.570. The van der Waals surface area contributed by atoms with Gasteiger partial charge in [-0.1, -0.05) is 26.2 Å². The summed E-state index contributed by atoms with van der Waals surface area (Å²) in [5, 5.41) is 6.29. The van der Waals surface area contributed by atoms with E-state index in [-0.39, 0.29) is 18.0 Å². The molecule has 3 nitrogen and oxygen atoms in total. The average Bonchev–Trinajstić information content (AvgIpc) is 2.21. The highest BCUT2D eigenvalue weighted by Gasteiger charge is 2.18. The fourth-order valence-corrected chi connectivity index (χ4v) is 1.85. The number of carbonyl (C=O) groups is 1. The molecule has 94 valence electrons. The van der Waals surface area contributed by atoms with Crippen molar-refractivity contribution in [1.29, 1.82) is 0 Å². The standard InChI is InChI=1S/C13H26N2O/c1-4-10(2)15-13(16)11(3)14-9-8-12-6-5-7-12/h10-12,14H,4-9H2,1-3H3,(H,15,16). The Kier molecular flexibility index (Phi) is 5.81. The first-order chi connectivity index (χ1) is 7.63. The van der Waals surface area contributed by atoms with Gasteiger partial charge in [0, 0.05) is 6.04 Å². The van der Waals surface area contributed by atoms with Crippen molar-refractivity contribution in [2.75, 3.05) is 6.54 Å². The van der Waals surface area contributed by atoms with Crippen LogP contribution in [0.2, 0.25) is 0 Å². The lowest BCUT2D eigenvalue weighted by Gasteiger charge is -2.26. The van der Waals surface area contributed by atoms with Gasteiger partial charge in [-0.3, -0.25) is 4.79 Å². The zero-order chi connectivity index (χ0) is 12.0. The third-order valence-electron chi connectivity index (χ3n) is 3.62. The van der Waals surface area contributed by atoms with E-state index in [0.29, 0.717) is 0 Å². The zero-order valence-corrected chi connectivity index (χ0v) is 10.9. The lowest BCUT2D eigenvalue weighted by Crippen LogP contribution is -2.45. The summed E-state index contributed by atoms with van der Waals surface area (Å²) in [7, 11) is 0. The molecule has 2 N–H and O–H groups in total. The van der Waals surface area contributed by atoms with E-state index >= 15 is 0 Å². The molecule has 0 aromatic heterocycles. The normalized spacial score (nSPS) is 19.9.